The quantitative estimate of drug-likeness (QED) is 0.835. The monoisotopic (exact) mass is 385 g/mol. The van der Waals surface area contributed by atoms with Crippen LogP contribution in [0.4, 0.5) is 0 Å². The minimum atomic E-state index is -0.529. The molecule has 0 radical (unpaired) electrons. The van der Waals surface area contributed by atoms with Gasteiger partial charge < -0.3 is 14.8 Å². The molecule has 1 N–H and O–H groups in total. The SMILES string of the molecule is CC1(C)CC(=O)c2cc(C(=O)NC3CCOc4ccc(Cl)cc43)ccc2O1. The molecular formula is C21H20ClNO4. The van der Waals surface area contributed by atoms with E-state index in [2.05, 4.69) is 5.32 Å². The molecule has 0 aliphatic carbocycles. The fraction of sp³-hybridized carbons (Fsp3) is 0.333. The van der Waals surface area contributed by atoms with Crippen LogP contribution in [-0.4, -0.2) is 23.9 Å². The third kappa shape index (κ3) is 3.52. The van der Waals surface area contributed by atoms with Crippen LogP contribution in [0.5, 0.6) is 11.5 Å². The second-order valence-electron chi connectivity index (χ2n) is 7.52. The summed E-state index contributed by atoms with van der Waals surface area (Å²) in [7, 11) is 0. The molecule has 140 valence electrons. The zero-order valence-electron chi connectivity index (χ0n) is 15.2. The van der Waals surface area contributed by atoms with E-state index in [1.54, 1.807) is 24.3 Å². The van der Waals surface area contributed by atoms with Gasteiger partial charge in [0.1, 0.15) is 17.1 Å². The standard InChI is InChI=1S/C21H20ClNO4/c1-21(2)11-17(24)15-9-12(3-5-19(15)27-21)20(25)23-16-7-8-26-18-6-4-13(22)10-14(16)18/h3-6,9-10,16H,7-8,11H2,1-2H3,(H,23,25). The van der Waals surface area contributed by atoms with Crippen molar-refractivity contribution in [1.29, 1.82) is 0 Å². The van der Waals surface area contributed by atoms with Crippen molar-refractivity contribution in [2.75, 3.05) is 6.61 Å². The van der Waals surface area contributed by atoms with E-state index in [9.17, 15) is 9.59 Å². The predicted octanol–water partition coefficient (Wildman–Crippen LogP) is 4.34. The van der Waals surface area contributed by atoms with E-state index in [0.29, 0.717) is 34.9 Å². The van der Waals surface area contributed by atoms with Gasteiger partial charge in [-0.25, -0.2) is 0 Å². The van der Waals surface area contributed by atoms with Gasteiger partial charge in [0.05, 0.1) is 24.6 Å². The second-order valence-corrected chi connectivity index (χ2v) is 7.95. The highest BCUT2D eigenvalue weighted by molar-refractivity contribution is 6.30. The maximum Gasteiger partial charge on any atom is 0.251 e. The van der Waals surface area contributed by atoms with Gasteiger partial charge in [-0.15, -0.1) is 0 Å². The van der Waals surface area contributed by atoms with E-state index < -0.39 is 5.60 Å². The average Bonchev–Trinajstić information content (AvgIpc) is 2.61. The number of nitrogens with one attached hydrogen (secondary N) is 1. The summed E-state index contributed by atoms with van der Waals surface area (Å²) < 4.78 is 11.5. The number of Topliss-reactive ketones (excluding diaryl/α,β-unsaturated/α-hetero) is 1. The Morgan fingerprint density at radius 1 is 1.19 bits per heavy atom. The zero-order chi connectivity index (χ0) is 19.2. The van der Waals surface area contributed by atoms with Crippen LogP contribution in [0.15, 0.2) is 36.4 Å². The normalized spacial score (nSPS) is 20.0. The Bertz CT molecular complexity index is 938. The Kier molecular flexibility index (Phi) is 4.35. The fourth-order valence-corrected chi connectivity index (χ4v) is 3.73. The third-order valence-corrected chi connectivity index (χ3v) is 5.07. The van der Waals surface area contributed by atoms with E-state index in [1.165, 1.54) is 0 Å². The highest BCUT2D eigenvalue weighted by Crippen LogP contribution is 2.35. The van der Waals surface area contributed by atoms with E-state index in [-0.39, 0.29) is 24.2 Å². The van der Waals surface area contributed by atoms with Crippen molar-refractivity contribution < 1.29 is 19.1 Å². The van der Waals surface area contributed by atoms with Crippen molar-refractivity contribution in [3.8, 4) is 11.5 Å². The Hall–Kier alpha value is -2.53. The van der Waals surface area contributed by atoms with Crippen molar-refractivity contribution in [3.05, 3.63) is 58.1 Å². The van der Waals surface area contributed by atoms with Crippen LogP contribution in [0.1, 0.15) is 59.0 Å². The summed E-state index contributed by atoms with van der Waals surface area (Å²) in [5.74, 6) is 0.996. The van der Waals surface area contributed by atoms with Gasteiger partial charge in [0.2, 0.25) is 0 Å². The Labute approximate surface area is 162 Å². The predicted molar refractivity (Wildman–Crippen MR) is 102 cm³/mol. The lowest BCUT2D eigenvalue weighted by Crippen LogP contribution is -2.36. The van der Waals surface area contributed by atoms with Crippen molar-refractivity contribution in [3.63, 3.8) is 0 Å². The number of carbonyl (C=O) groups is 2. The Morgan fingerprint density at radius 2 is 1.96 bits per heavy atom. The molecule has 27 heavy (non-hydrogen) atoms. The maximum absolute atomic E-state index is 12.8. The molecule has 2 aliphatic heterocycles. The molecule has 1 atom stereocenters. The average molecular weight is 386 g/mol. The first-order chi connectivity index (χ1) is 12.8. The van der Waals surface area contributed by atoms with Crippen molar-refractivity contribution in [2.45, 2.75) is 38.3 Å². The number of hydrogen-bond donors (Lipinski definition) is 1. The van der Waals surface area contributed by atoms with Crippen LogP contribution in [0.3, 0.4) is 0 Å². The Balaban J connectivity index is 1.58. The van der Waals surface area contributed by atoms with Gasteiger partial charge >= 0.3 is 0 Å². The van der Waals surface area contributed by atoms with Crippen molar-refractivity contribution in [1.82, 2.24) is 5.32 Å². The molecule has 1 amide bonds. The van der Waals surface area contributed by atoms with E-state index in [1.807, 2.05) is 26.0 Å². The largest absolute Gasteiger partial charge is 0.493 e. The Morgan fingerprint density at radius 3 is 2.78 bits per heavy atom. The lowest BCUT2D eigenvalue weighted by Gasteiger charge is -2.31. The van der Waals surface area contributed by atoms with Gasteiger partial charge in [0, 0.05) is 22.6 Å². The van der Waals surface area contributed by atoms with Crippen LogP contribution < -0.4 is 14.8 Å². The van der Waals surface area contributed by atoms with Crippen molar-refractivity contribution in [2.24, 2.45) is 0 Å². The highest BCUT2D eigenvalue weighted by Gasteiger charge is 2.33. The summed E-state index contributed by atoms with van der Waals surface area (Å²) in [6.45, 7) is 4.27. The molecule has 5 nitrogen and oxygen atoms in total. The van der Waals surface area contributed by atoms with Gasteiger partial charge in [0.25, 0.3) is 5.91 Å². The van der Waals surface area contributed by atoms with E-state index in [4.69, 9.17) is 21.1 Å². The number of carbonyl (C=O) groups excluding carboxylic acids is 2. The van der Waals surface area contributed by atoms with Crippen LogP contribution in [-0.2, 0) is 0 Å². The highest BCUT2D eigenvalue weighted by atomic mass is 35.5. The number of amides is 1. The minimum absolute atomic E-state index is 0.0147. The topological polar surface area (TPSA) is 64.6 Å². The summed E-state index contributed by atoms with van der Waals surface area (Å²) in [6, 6.07) is 10.2. The van der Waals surface area contributed by atoms with Crippen LogP contribution in [0.2, 0.25) is 5.02 Å². The summed E-state index contributed by atoms with van der Waals surface area (Å²) in [6.07, 6.45) is 0.942. The van der Waals surface area contributed by atoms with Gasteiger partial charge in [-0.3, -0.25) is 9.59 Å². The van der Waals surface area contributed by atoms with E-state index in [0.717, 1.165) is 11.3 Å². The zero-order valence-corrected chi connectivity index (χ0v) is 15.9. The molecule has 1 unspecified atom stereocenters. The van der Waals surface area contributed by atoms with Gasteiger partial charge in [-0.05, 0) is 50.2 Å². The lowest BCUT2D eigenvalue weighted by atomic mass is 9.92. The van der Waals surface area contributed by atoms with Gasteiger partial charge in [-0.2, -0.15) is 0 Å². The first kappa shape index (κ1) is 17.9. The van der Waals surface area contributed by atoms with Crippen molar-refractivity contribution >= 4 is 23.3 Å². The van der Waals surface area contributed by atoms with Crippen LogP contribution in [0, 0.1) is 0 Å². The molecule has 0 spiro atoms. The summed E-state index contributed by atoms with van der Waals surface area (Å²) in [5.41, 5.74) is 1.22. The number of halogens is 1. The number of rotatable bonds is 2. The molecule has 2 heterocycles. The molecule has 2 aliphatic rings. The number of hydrogen-bond acceptors (Lipinski definition) is 4. The molecule has 6 heteroatoms. The number of ether oxygens (including phenoxy) is 2. The minimum Gasteiger partial charge on any atom is -0.493 e. The van der Waals surface area contributed by atoms with Gasteiger partial charge in [-0.1, -0.05) is 11.6 Å². The van der Waals surface area contributed by atoms with E-state index >= 15 is 0 Å². The third-order valence-electron chi connectivity index (χ3n) is 4.83. The molecule has 4 rings (SSSR count). The second kappa shape index (κ2) is 6.57. The molecule has 0 saturated heterocycles. The summed E-state index contributed by atoms with van der Waals surface area (Å²) >= 11 is 6.09. The lowest BCUT2D eigenvalue weighted by molar-refractivity contribution is 0.0620. The maximum atomic E-state index is 12.8. The molecular weight excluding hydrogens is 366 g/mol. The smallest absolute Gasteiger partial charge is 0.251 e. The molecule has 0 aromatic heterocycles. The first-order valence-corrected chi connectivity index (χ1v) is 9.30. The van der Waals surface area contributed by atoms with Crippen LogP contribution >= 0.6 is 11.6 Å². The molecule has 0 saturated carbocycles. The summed E-state index contributed by atoms with van der Waals surface area (Å²) in [4.78, 5) is 25.2. The number of fused-ring (bicyclic) bond motifs is 2. The molecule has 2 aromatic rings. The summed E-state index contributed by atoms with van der Waals surface area (Å²) in [5, 5.41) is 3.62. The molecule has 0 fully saturated rings. The fourth-order valence-electron chi connectivity index (χ4n) is 3.55. The van der Waals surface area contributed by atoms with Gasteiger partial charge in [0.15, 0.2) is 5.78 Å². The number of benzene rings is 2. The first-order valence-electron chi connectivity index (χ1n) is 8.92. The number of ketones is 1. The van der Waals surface area contributed by atoms with Crippen LogP contribution in [0.25, 0.3) is 0 Å². The molecule has 2 aromatic carbocycles. The molecule has 0 bridgehead atoms.